The summed E-state index contributed by atoms with van der Waals surface area (Å²) >= 11 is 0. The van der Waals surface area contributed by atoms with E-state index in [1.807, 2.05) is 30.3 Å². The standard InChI is InChI=1S/C17H23N3O3/c1-13(21)20-11-10-19(12-15(20)17(23)18-2)16(22)9-8-14-6-4-3-5-7-14/h3-7,15H,8-12H2,1-2H3,(H,18,23). The van der Waals surface area contributed by atoms with Gasteiger partial charge in [0.15, 0.2) is 0 Å². The largest absolute Gasteiger partial charge is 0.357 e. The van der Waals surface area contributed by atoms with Crippen LogP contribution in [0.5, 0.6) is 0 Å². The molecule has 124 valence electrons. The molecule has 6 nitrogen and oxygen atoms in total. The average Bonchev–Trinajstić information content (AvgIpc) is 2.59. The summed E-state index contributed by atoms with van der Waals surface area (Å²) in [6, 6.07) is 9.23. The third-order valence-corrected chi connectivity index (χ3v) is 4.16. The lowest BCUT2D eigenvalue weighted by Crippen LogP contribution is -2.60. The van der Waals surface area contributed by atoms with Gasteiger partial charge in [-0.3, -0.25) is 14.4 Å². The van der Waals surface area contributed by atoms with E-state index < -0.39 is 6.04 Å². The molecular weight excluding hydrogens is 294 g/mol. The van der Waals surface area contributed by atoms with Gasteiger partial charge in [-0.15, -0.1) is 0 Å². The van der Waals surface area contributed by atoms with Gasteiger partial charge in [-0.05, 0) is 12.0 Å². The molecule has 1 aromatic carbocycles. The number of amides is 3. The molecular formula is C17H23N3O3. The molecule has 3 amide bonds. The van der Waals surface area contributed by atoms with Crippen LogP contribution >= 0.6 is 0 Å². The molecule has 1 atom stereocenters. The van der Waals surface area contributed by atoms with Crippen molar-refractivity contribution in [3.63, 3.8) is 0 Å². The smallest absolute Gasteiger partial charge is 0.244 e. The Morgan fingerprint density at radius 1 is 1.17 bits per heavy atom. The highest BCUT2D eigenvalue weighted by atomic mass is 16.2. The van der Waals surface area contributed by atoms with Gasteiger partial charge in [0.25, 0.3) is 0 Å². The summed E-state index contributed by atoms with van der Waals surface area (Å²) < 4.78 is 0. The lowest BCUT2D eigenvalue weighted by molar-refractivity contribution is -0.147. The highest BCUT2D eigenvalue weighted by Gasteiger charge is 2.34. The third-order valence-electron chi connectivity index (χ3n) is 4.16. The van der Waals surface area contributed by atoms with Gasteiger partial charge < -0.3 is 15.1 Å². The normalized spacial score (nSPS) is 17.7. The van der Waals surface area contributed by atoms with Crippen LogP contribution in [0.3, 0.4) is 0 Å². The van der Waals surface area contributed by atoms with E-state index >= 15 is 0 Å². The molecule has 1 unspecified atom stereocenters. The number of hydrogen-bond donors (Lipinski definition) is 1. The Hall–Kier alpha value is -2.37. The zero-order valence-electron chi connectivity index (χ0n) is 13.6. The van der Waals surface area contributed by atoms with Crippen molar-refractivity contribution in [1.82, 2.24) is 15.1 Å². The van der Waals surface area contributed by atoms with Crippen molar-refractivity contribution in [2.45, 2.75) is 25.8 Å². The minimum atomic E-state index is -0.605. The topological polar surface area (TPSA) is 69.7 Å². The van der Waals surface area contributed by atoms with Crippen molar-refractivity contribution in [2.75, 3.05) is 26.7 Å². The number of nitrogens with one attached hydrogen (secondary N) is 1. The van der Waals surface area contributed by atoms with E-state index in [0.717, 1.165) is 5.56 Å². The van der Waals surface area contributed by atoms with Crippen molar-refractivity contribution in [1.29, 1.82) is 0 Å². The highest BCUT2D eigenvalue weighted by Crippen LogP contribution is 2.13. The van der Waals surface area contributed by atoms with Crippen molar-refractivity contribution in [3.05, 3.63) is 35.9 Å². The maximum Gasteiger partial charge on any atom is 0.244 e. The van der Waals surface area contributed by atoms with E-state index in [9.17, 15) is 14.4 Å². The average molecular weight is 317 g/mol. The molecule has 1 aliphatic rings. The first-order valence-electron chi connectivity index (χ1n) is 7.83. The predicted octanol–water partition coefficient (Wildman–Crippen LogP) is 0.425. The molecule has 1 fully saturated rings. The van der Waals surface area contributed by atoms with Crippen LogP contribution < -0.4 is 5.32 Å². The van der Waals surface area contributed by atoms with Gasteiger partial charge in [-0.1, -0.05) is 30.3 Å². The van der Waals surface area contributed by atoms with E-state index in [4.69, 9.17) is 0 Å². The zero-order chi connectivity index (χ0) is 16.8. The first-order valence-corrected chi connectivity index (χ1v) is 7.83. The number of carbonyl (C=O) groups excluding carboxylic acids is 3. The van der Waals surface area contributed by atoms with Crippen molar-refractivity contribution < 1.29 is 14.4 Å². The first kappa shape index (κ1) is 17.0. The number of nitrogens with zero attached hydrogens (tertiary/aromatic N) is 2. The fourth-order valence-electron chi connectivity index (χ4n) is 2.83. The molecule has 1 saturated heterocycles. The van der Waals surface area contributed by atoms with Crippen LogP contribution in [0, 0.1) is 0 Å². The van der Waals surface area contributed by atoms with E-state index in [2.05, 4.69) is 5.32 Å². The molecule has 1 aromatic rings. The first-order chi connectivity index (χ1) is 11.0. The van der Waals surface area contributed by atoms with Crippen LogP contribution in [-0.2, 0) is 20.8 Å². The van der Waals surface area contributed by atoms with Crippen molar-refractivity contribution >= 4 is 17.7 Å². The lowest BCUT2D eigenvalue weighted by atomic mass is 10.1. The number of benzene rings is 1. The minimum absolute atomic E-state index is 0.0194. The maximum absolute atomic E-state index is 12.4. The number of rotatable bonds is 4. The van der Waals surface area contributed by atoms with Gasteiger partial charge in [0.2, 0.25) is 17.7 Å². The Kier molecular flexibility index (Phi) is 5.73. The number of likely N-dealkylation sites (N-methyl/N-ethyl adjacent to an activating group) is 1. The second-order valence-electron chi connectivity index (χ2n) is 5.67. The second kappa shape index (κ2) is 7.76. The van der Waals surface area contributed by atoms with E-state index in [1.54, 1.807) is 4.90 Å². The Labute approximate surface area is 136 Å². The maximum atomic E-state index is 12.4. The summed E-state index contributed by atoms with van der Waals surface area (Å²) in [7, 11) is 1.54. The summed E-state index contributed by atoms with van der Waals surface area (Å²) in [4.78, 5) is 39.3. The van der Waals surface area contributed by atoms with Crippen LogP contribution in [0.4, 0.5) is 0 Å². The highest BCUT2D eigenvalue weighted by molar-refractivity contribution is 5.88. The zero-order valence-corrected chi connectivity index (χ0v) is 13.6. The fourth-order valence-corrected chi connectivity index (χ4v) is 2.83. The molecule has 0 bridgehead atoms. The van der Waals surface area contributed by atoms with Crippen LogP contribution in [0.15, 0.2) is 30.3 Å². The summed E-state index contributed by atoms with van der Waals surface area (Å²) in [6.07, 6.45) is 1.09. The fraction of sp³-hybridized carbons (Fsp3) is 0.471. The number of aryl methyl sites for hydroxylation is 1. The quantitative estimate of drug-likeness (QED) is 0.875. The Morgan fingerprint density at radius 2 is 1.87 bits per heavy atom. The predicted molar refractivity (Wildman–Crippen MR) is 86.6 cm³/mol. The van der Waals surface area contributed by atoms with Gasteiger partial charge in [0.05, 0.1) is 6.54 Å². The summed E-state index contributed by atoms with van der Waals surface area (Å²) in [6.45, 7) is 2.57. The summed E-state index contributed by atoms with van der Waals surface area (Å²) in [5, 5.41) is 2.57. The van der Waals surface area contributed by atoms with E-state index in [1.165, 1.54) is 18.9 Å². The van der Waals surface area contributed by atoms with Gasteiger partial charge in [-0.2, -0.15) is 0 Å². The number of carbonyl (C=O) groups is 3. The Morgan fingerprint density at radius 3 is 2.48 bits per heavy atom. The second-order valence-corrected chi connectivity index (χ2v) is 5.67. The molecule has 0 saturated carbocycles. The van der Waals surface area contributed by atoms with Gasteiger partial charge in [0.1, 0.15) is 6.04 Å². The van der Waals surface area contributed by atoms with Crippen molar-refractivity contribution in [3.8, 4) is 0 Å². The Balaban J connectivity index is 1.96. The van der Waals surface area contributed by atoms with Crippen LogP contribution in [0.25, 0.3) is 0 Å². The monoisotopic (exact) mass is 317 g/mol. The van der Waals surface area contributed by atoms with Crippen LogP contribution in [0.1, 0.15) is 18.9 Å². The molecule has 2 rings (SSSR count). The SMILES string of the molecule is CNC(=O)C1CN(C(=O)CCc2ccccc2)CCN1C(C)=O. The summed E-state index contributed by atoms with van der Waals surface area (Å²) in [5.74, 6) is -0.360. The summed E-state index contributed by atoms with van der Waals surface area (Å²) in [5.41, 5.74) is 1.12. The van der Waals surface area contributed by atoms with Gasteiger partial charge in [-0.25, -0.2) is 0 Å². The van der Waals surface area contributed by atoms with Crippen LogP contribution in [0.2, 0.25) is 0 Å². The van der Waals surface area contributed by atoms with Gasteiger partial charge in [0, 0.05) is 33.5 Å². The molecule has 0 aliphatic carbocycles. The molecule has 0 spiro atoms. The molecule has 6 heteroatoms. The Bertz CT molecular complexity index is 574. The molecule has 0 radical (unpaired) electrons. The van der Waals surface area contributed by atoms with E-state index in [-0.39, 0.29) is 24.3 Å². The number of hydrogen-bond acceptors (Lipinski definition) is 3. The molecule has 23 heavy (non-hydrogen) atoms. The van der Waals surface area contributed by atoms with E-state index in [0.29, 0.717) is 25.9 Å². The van der Waals surface area contributed by atoms with Crippen molar-refractivity contribution in [2.24, 2.45) is 0 Å². The molecule has 1 heterocycles. The molecule has 1 N–H and O–H groups in total. The molecule has 0 aromatic heterocycles. The number of piperazine rings is 1. The minimum Gasteiger partial charge on any atom is -0.357 e. The lowest BCUT2D eigenvalue weighted by Gasteiger charge is -2.40. The third kappa shape index (κ3) is 4.31. The van der Waals surface area contributed by atoms with Crippen LogP contribution in [-0.4, -0.2) is 60.2 Å². The molecule has 1 aliphatic heterocycles. The van der Waals surface area contributed by atoms with Gasteiger partial charge >= 0.3 is 0 Å².